The molecule has 1 aromatic rings. The Hall–Kier alpha value is -1.36. The van der Waals surface area contributed by atoms with Crippen LogP contribution in [0.15, 0.2) is 6.07 Å². The van der Waals surface area contributed by atoms with Crippen molar-refractivity contribution in [3.05, 3.63) is 11.8 Å². The van der Waals surface area contributed by atoms with Gasteiger partial charge in [0, 0.05) is 24.9 Å². The molecule has 1 saturated heterocycles. The van der Waals surface area contributed by atoms with Gasteiger partial charge in [-0.2, -0.15) is 4.98 Å². The molecule has 1 fully saturated rings. The Kier molecular flexibility index (Phi) is 4.14. The third kappa shape index (κ3) is 3.56. The second kappa shape index (κ2) is 5.82. The summed E-state index contributed by atoms with van der Waals surface area (Å²) in [6.07, 6.45) is 2.41. The van der Waals surface area contributed by atoms with Crippen molar-refractivity contribution >= 4 is 5.95 Å². The number of hydrogen-bond donors (Lipinski definition) is 1. The lowest BCUT2D eigenvalue weighted by Crippen LogP contribution is -2.17. The first-order valence-electron chi connectivity index (χ1n) is 6.12. The molecule has 2 heterocycles. The van der Waals surface area contributed by atoms with E-state index in [1.165, 1.54) is 0 Å². The quantitative estimate of drug-likeness (QED) is 0.846. The topological polar surface area (TPSA) is 56.3 Å². The van der Waals surface area contributed by atoms with Crippen molar-refractivity contribution in [3.63, 3.8) is 0 Å². The van der Waals surface area contributed by atoms with Gasteiger partial charge >= 0.3 is 0 Å². The molecule has 0 saturated carbocycles. The maximum absolute atomic E-state index is 5.64. The monoisotopic (exact) mass is 237 g/mol. The molecule has 5 heteroatoms. The number of aromatic nitrogens is 2. The summed E-state index contributed by atoms with van der Waals surface area (Å²) < 4.78 is 11.1. The molecule has 5 nitrogen and oxygen atoms in total. The molecule has 1 unspecified atom stereocenters. The lowest BCUT2D eigenvalue weighted by atomic mass is 10.2. The van der Waals surface area contributed by atoms with Crippen molar-refractivity contribution in [3.8, 4) is 5.88 Å². The second-order valence-electron chi connectivity index (χ2n) is 4.15. The SMILES string of the molecule is CCNc1nc(C)cc(OCC2CCCO2)n1. The van der Waals surface area contributed by atoms with Gasteiger partial charge < -0.3 is 14.8 Å². The zero-order valence-electron chi connectivity index (χ0n) is 10.4. The molecule has 94 valence electrons. The first kappa shape index (κ1) is 12.1. The van der Waals surface area contributed by atoms with Crippen molar-refractivity contribution in [1.29, 1.82) is 0 Å². The van der Waals surface area contributed by atoms with E-state index in [4.69, 9.17) is 9.47 Å². The summed E-state index contributed by atoms with van der Waals surface area (Å²) in [6, 6.07) is 1.84. The van der Waals surface area contributed by atoms with Crippen molar-refractivity contribution in [2.45, 2.75) is 32.8 Å². The van der Waals surface area contributed by atoms with Crippen molar-refractivity contribution < 1.29 is 9.47 Å². The van der Waals surface area contributed by atoms with Crippen LogP contribution in [0, 0.1) is 6.92 Å². The van der Waals surface area contributed by atoms with Gasteiger partial charge in [-0.05, 0) is 26.7 Å². The summed E-state index contributed by atoms with van der Waals surface area (Å²) in [4.78, 5) is 8.55. The average molecular weight is 237 g/mol. The Bertz CT molecular complexity index is 365. The van der Waals surface area contributed by atoms with E-state index < -0.39 is 0 Å². The molecule has 0 bridgehead atoms. The lowest BCUT2D eigenvalue weighted by molar-refractivity contribution is 0.0663. The van der Waals surface area contributed by atoms with Gasteiger partial charge in [-0.1, -0.05) is 0 Å². The fourth-order valence-corrected chi connectivity index (χ4v) is 1.80. The van der Waals surface area contributed by atoms with Gasteiger partial charge in [0.1, 0.15) is 6.61 Å². The highest BCUT2D eigenvalue weighted by Crippen LogP contribution is 2.16. The van der Waals surface area contributed by atoms with Crippen LogP contribution in [-0.4, -0.2) is 35.8 Å². The highest BCUT2D eigenvalue weighted by atomic mass is 16.5. The number of anilines is 1. The van der Waals surface area contributed by atoms with E-state index in [0.29, 0.717) is 18.4 Å². The molecular formula is C12H19N3O2. The standard InChI is InChI=1S/C12H19N3O2/c1-3-13-12-14-9(2)7-11(15-12)17-8-10-5-4-6-16-10/h7,10H,3-6,8H2,1-2H3,(H,13,14,15). The van der Waals surface area contributed by atoms with E-state index >= 15 is 0 Å². The predicted octanol–water partition coefficient (Wildman–Crippen LogP) is 1.77. The van der Waals surface area contributed by atoms with Crippen LogP contribution >= 0.6 is 0 Å². The molecule has 0 radical (unpaired) electrons. The number of nitrogens with one attached hydrogen (secondary N) is 1. The summed E-state index contributed by atoms with van der Waals surface area (Å²) in [6.45, 7) is 6.16. The second-order valence-corrected chi connectivity index (χ2v) is 4.15. The molecule has 0 aromatic carbocycles. The third-order valence-electron chi connectivity index (χ3n) is 2.61. The van der Waals surface area contributed by atoms with Crippen LogP contribution in [0.25, 0.3) is 0 Å². The van der Waals surface area contributed by atoms with Gasteiger partial charge in [-0.3, -0.25) is 0 Å². The van der Waals surface area contributed by atoms with E-state index in [1.807, 2.05) is 19.9 Å². The van der Waals surface area contributed by atoms with Gasteiger partial charge in [0.25, 0.3) is 0 Å². The number of hydrogen-bond acceptors (Lipinski definition) is 5. The van der Waals surface area contributed by atoms with Gasteiger partial charge in [-0.25, -0.2) is 4.98 Å². The largest absolute Gasteiger partial charge is 0.475 e. The molecule has 1 N–H and O–H groups in total. The van der Waals surface area contributed by atoms with Gasteiger partial charge in [0.15, 0.2) is 0 Å². The molecule has 1 aliphatic rings. The molecule has 0 aliphatic carbocycles. The smallest absolute Gasteiger partial charge is 0.226 e. The Morgan fingerprint density at radius 3 is 3.12 bits per heavy atom. The summed E-state index contributed by atoms with van der Waals surface area (Å²) in [5, 5.41) is 3.08. The molecular weight excluding hydrogens is 218 g/mol. The zero-order valence-corrected chi connectivity index (χ0v) is 10.4. The Balaban J connectivity index is 1.94. The van der Waals surface area contributed by atoms with E-state index in [-0.39, 0.29) is 6.10 Å². The zero-order chi connectivity index (χ0) is 12.1. The minimum Gasteiger partial charge on any atom is -0.475 e. The van der Waals surface area contributed by atoms with Gasteiger partial charge in [0.2, 0.25) is 11.8 Å². The Labute approximate surface area is 102 Å². The minimum atomic E-state index is 0.216. The summed E-state index contributed by atoms with van der Waals surface area (Å²) in [5.74, 6) is 1.23. The van der Waals surface area contributed by atoms with Gasteiger partial charge in [0.05, 0.1) is 6.10 Å². The molecule has 17 heavy (non-hydrogen) atoms. The highest BCUT2D eigenvalue weighted by molar-refractivity contribution is 5.30. The number of rotatable bonds is 5. The number of ether oxygens (including phenoxy) is 2. The maximum atomic E-state index is 5.64. The average Bonchev–Trinajstić information content (AvgIpc) is 2.79. The van der Waals surface area contributed by atoms with E-state index in [2.05, 4.69) is 15.3 Å². The Morgan fingerprint density at radius 2 is 2.41 bits per heavy atom. The van der Waals surface area contributed by atoms with Crippen molar-refractivity contribution in [1.82, 2.24) is 9.97 Å². The van der Waals surface area contributed by atoms with Crippen LogP contribution in [0.5, 0.6) is 5.88 Å². The molecule has 0 amide bonds. The number of aryl methyl sites for hydroxylation is 1. The first-order valence-corrected chi connectivity index (χ1v) is 6.12. The van der Waals surface area contributed by atoms with Crippen LogP contribution < -0.4 is 10.1 Å². The molecule has 1 aromatic heterocycles. The lowest BCUT2D eigenvalue weighted by Gasteiger charge is -2.12. The summed E-state index contributed by atoms with van der Waals surface area (Å²) in [5.41, 5.74) is 0.901. The van der Waals surface area contributed by atoms with E-state index in [0.717, 1.165) is 31.7 Å². The van der Waals surface area contributed by atoms with Crippen LogP contribution in [0.4, 0.5) is 5.95 Å². The highest BCUT2D eigenvalue weighted by Gasteiger charge is 2.16. The Morgan fingerprint density at radius 1 is 1.53 bits per heavy atom. The van der Waals surface area contributed by atoms with Crippen LogP contribution in [0.1, 0.15) is 25.5 Å². The fraction of sp³-hybridized carbons (Fsp3) is 0.667. The molecule has 1 atom stereocenters. The van der Waals surface area contributed by atoms with Crippen LogP contribution in [0.2, 0.25) is 0 Å². The molecule has 0 spiro atoms. The van der Waals surface area contributed by atoms with E-state index in [9.17, 15) is 0 Å². The van der Waals surface area contributed by atoms with Crippen LogP contribution in [-0.2, 0) is 4.74 Å². The minimum absolute atomic E-state index is 0.216. The third-order valence-corrected chi connectivity index (χ3v) is 2.61. The van der Waals surface area contributed by atoms with E-state index in [1.54, 1.807) is 0 Å². The van der Waals surface area contributed by atoms with Gasteiger partial charge in [-0.15, -0.1) is 0 Å². The number of nitrogens with zero attached hydrogens (tertiary/aromatic N) is 2. The van der Waals surface area contributed by atoms with Crippen molar-refractivity contribution in [2.75, 3.05) is 25.1 Å². The molecule has 1 aliphatic heterocycles. The fourth-order valence-electron chi connectivity index (χ4n) is 1.80. The normalized spacial score (nSPS) is 19.3. The first-order chi connectivity index (χ1) is 8.28. The molecule has 2 rings (SSSR count). The van der Waals surface area contributed by atoms with Crippen LogP contribution in [0.3, 0.4) is 0 Å². The van der Waals surface area contributed by atoms with Crippen molar-refractivity contribution in [2.24, 2.45) is 0 Å². The predicted molar refractivity (Wildman–Crippen MR) is 65.4 cm³/mol. The maximum Gasteiger partial charge on any atom is 0.226 e. The summed E-state index contributed by atoms with van der Waals surface area (Å²) in [7, 11) is 0. The summed E-state index contributed by atoms with van der Waals surface area (Å²) >= 11 is 0.